The van der Waals surface area contributed by atoms with E-state index >= 15 is 0 Å². The van der Waals surface area contributed by atoms with Crippen molar-refractivity contribution in [2.75, 3.05) is 64.5 Å². The lowest BCUT2D eigenvalue weighted by Crippen LogP contribution is -2.51. The van der Waals surface area contributed by atoms with Crippen molar-refractivity contribution in [2.45, 2.75) is 18.3 Å². The number of carbonyl (C=O) groups is 1. The van der Waals surface area contributed by atoms with Crippen LogP contribution < -0.4 is 15.0 Å². The molecule has 172 valence electrons. The summed E-state index contributed by atoms with van der Waals surface area (Å²) in [6.45, 7) is 5.80. The number of methoxy groups -OCH3 is 1. The summed E-state index contributed by atoms with van der Waals surface area (Å²) in [5.41, 5.74) is 1.12. The lowest BCUT2D eigenvalue weighted by Gasteiger charge is -2.38. The maximum absolute atomic E-state index is 14.0. The molecular formula is C25H32FN3O3. The van der Waals surface area contributed by atoms with E-state index in [-0.39, 0.29) is 11.7 Å². The number of amides is 1. The lowest BCUT2D eigenvalue weighted by atomic mass is 9.73. The number of para-hydroxylation sites is 1. The van der Waals surface area contributed by atoms with Gasteiger partial charge in [-0.25, -0.2) is 4.39 Å². The zero-order valence-electron chi connectivity index (χ0n) is 18.7. The summed E-state index contributed by atoms with van der Waals surface area (Å²) in [5.74, 6) is 0.676. The van der Waals surface area contributed by atoms with Gasteiger partial charge >= 0.3 is 0 Å². The Bertz CT molecular complexity index is 892. The molecule has 0 saturated carbocycles. The Balaban J connectivity index is 1.31. The minimum atomic E-state index is -0.561. The largest absolute Gasteiger partial charge is 0.497 e. The van der Waals surface area contributed by atoms with Crippen LogP contribution in [0.25, 0.3) is 0 Å². The van der Waals surface area contributed by atoms with Gasteiger partial charge in [0.25, 0.3) is 0 Å². The van der Waals surface area contributed by atoms with Crippen molar-refractivity contribution in [3.8, 4) is 5.75 Å². The maximum Gasteiger partial charge on any atom is 0.230 e. The van der Waals surface area contributed by atoms with Crippen molar-refractivity contribution in [3.63, 3.8) is 0 Å². The Morgan fingerprint density at radius 3 is 2.41 bits per heavy atom. The molecule has 0 spiro atoms. The van der Waals surface area contributed by atoms with Gasteiger partial charge in [0.2, 0.25) is 5.91 Å². The molecule has 6 nitrogen and oxygen atoms in total. The third-order valence-electron chi connectivity index (χ3n) is 6.70. The first kappa shape index (κ1) is 22.6. The summed E-state index contributed by atoms with van der Waals surface area (Å²) in [6.07, 6.45) is 1.35. The Hall–Kier alpha value is -2.64. The fraction of sp³-hybridized carbons (Fsp3) is 0.480. The summed E-state index contributed by atoms with van der Waals surface area (Å²) >= 11 is 0. The Kier molecular flexibility index (Phi) is 7.27. The molecule has 2 aromatic rings. The van der Waals surface area contributed by atoms with Crippen LogP contribution in [0.3, 0.4) is 0 Å². The Labute approximate surface area is 189 Å². The summed E-state index contributed by atoms with van der Waals surface area (Å²) < 4.78 is 24.9. The molecule has 0 radical (unpaired) electrons. The lowest BCUT2D eigenvalue weighted by molar-refractivity contribution is -0.130. The summed E-state index contributed by atoms with van der Waals surface area (Å²) in [6, 6.07) is 14.7. The predicted octanol–water partition coefficient (Wildman–Crippen LogP) is 2.82. The molecule has 4 rings (SSSR count). The van der Waals surface area contributed by atoms with Crippen molar-refractivity contribution in [1.82, 2.24) is 10.2 Å². The van der Waals surface area contributed by atoms with Crippen LogP contribution in [0.2, 0.25) is 0 Å². The zero-order valence-corrected chi connectivity index (χ0v) is 18.7. The third kappa shape index (κ3) is 4.89. The van der Waals surface area contributed by atoms with Gasteiger partial charge in [0, 0.05) is 52.5 Å². The Morgan fingerprint density at radius 2 is 1.75 bits per heavy atom. The second kappa shape index (κ2) is 10.3. The second-order valence-corrected chi connectivity index (χ2v) is 8.46. The molecule has 1 amide bonds. The molecule has 0 atom stereocenters. The number of halogens is 1. The van der Waals surface area contributed by atoms with E-state index in [1.807, 2.05) is 36.4 Å². The number of rotatable bonds is 7. The van der Waals surface area contributed by atoms with Gasteiger partial charge in [0.1, 0.15) is 11.6 Å². The first-order valence-electron chi connectivity index (χ1n) is 11.3. The van der Waals surface area contributed by atoms with E-state index in [4.69, 9.17) is 9.47 Å². The molecule has 2 saturated heterocycles. The van der Waals surface area contributed by atoms with E-state index in [1.54, 1.807) is 13.2 Å². The van der Waals surface area contributed by atoms with Gasteiger partial charge in [-0.1, -0.05) is 24.3 Å². The number of nitrogens with one attached hydrogen (secondary N) is 1. The predicted molar refractivity (Wildman–Crippen MR) is 123 cm³/mol. The molecule has 32 heavy (non-hydrogen) atoms. The van der Waals surface area contributed by atoms with Gasteiger partial charge in [-0.2, -0.15) is 0 Å². The minimum Gasteiger partial charge on any atom is -0.497 e. The number of hydrogen-bond acceptors (Lipinski definition) is 5. The number of nitrogens with zero attached hydrogens (tertiary/aromatic N) is 2. The van der Waals surface area contributed by atoms with E-state index in [0.29, 0.717) is 38.3 Å². The molecule has 1 N–H and O–H groups in total. The van der Waals surface area contributed by atoms with Gasteiger partial charge in [-0.3, -0.25) is 9.69 Å². The van der Waals surface area contributed by atoms with Gasteiger partial charge in [-0.15, -0.1) is 0 Å². The van der Waals surface area contributed by atoms with Crippen molar-refractivity contribution >= 4 is 11.6 Å². The quantitative estimate of drug-likeness (QED) is 0.716. The van der Waals surface area contributed by atoms with E-state index in [9.17, 15) is 9.18 Å². The average molecular weight is 442 g/mol. The SMILES string of the molecule is COc1ccc(C2(C(=O)NCCN3CCN(c4ccccc4F)CC3)CCOCC2)cc1. The average Bonchev–Trinajstić information content (AvgIpc) is 2.85. The molecule has 2 aliphatic heterocycles. The summed E-state index contributed by atoms with van der Waals surface area (Å²) in [5, 5.41) is 3.18. The van der Waals surface area contributed by atoms with Gasteiger partial charge in [0.05, 0.1) is 18.2 Å². The fourth-order valence-corrected chi connectivity index (χ4v) is 4.69. The molecular weight excluding hydrogens is 409 g/mol. The molecule has 0 unspecified atom stereocenters. The van der Waals surface area contributed by atoms with Crippen LogP contribution in [-0.2, 0) is 14.9 Å². The van der Waals surface area contributed by atoms with Crippen LogP contribution >= 0.6 is 0 Å². The normalized spacial score (nSPS) is 18.9. The molecule has 0 aromatic heterocycles. The number of benzene rings is 2. The maximum atomic E-state index is 14.0. The highest BCUT2D eigenvalue weighted by atomic mass is 19.1. The van der Waals surface area contributed by atoms with Crippen LogP contribution in [0.15, 0.2) is 48.5 Å². The second-order valence-electron chi connectivity index (χ2n) is 8.46. The van der Waals surface area contributed by atoms with Gasteiger partial charge in [-0.05, 0) is 42.7 Å². The first-order valence-corrected chi connectivity index (χ1v) is 11.3. The van der Waals surface area contributed by atoms with Crippen molar-refractivity contribution < 1.29 is 18.7 Å². The highest BCUT2D eigenvalue weighted by molar-refractivity contribution is 5.88. The van der Waals surface area contributed by atoms with Crippen LogP contribution in [0.4, 0.5) is 10.1 Å². The van der Waals surface area contributed by atoms with E-state index in [1.165, 1.54) is 6.07 Å². The van der Waals surface area contributed by atoms with Crippen LogP contribution in [0.5, 0.6) is 5.75 Å². The van der Waals surface area contributed by atoms with Crippen molar-refractivity contribution in [1.29, 1.82) is 0 Å². The molecule has 2 aromatic carbocycles. The topological polar surface area (TPSA) is 54.0 Å². The first-order chi connectivity index (χ1) is 15.6. The van der Waals surface area contributed by atoms with Gasteiger partial charge in [0.15, 0.2) is 0 Å². The van der Waals surface area contributed by atoms with Crippen molar-refractivity contribution in [3.05, 3.63) is 59.9 Å². The van der Waals surface area contributed by atoms with E-state index in [2.05, 4.69) is 15.1 Å². The summed E-state index contributed by atoms with van der Waals surface area (Å²) in [7, 11) is 1.64. The third-order valence-corrected chi connectivity index (χ3v) is 6.70. The zero-order chi connectivity index (χ0) is 22.4. The minimum absolute atomic E-state index is 0.0657. The van der Waals surface area contributed by atoms with Crippen LogP contribution in [-0.4, -0.2) is 70.4 Å². The molecule has 2 aliphatic rings. The van der Waals surface area contributed by atoms with Crippen LogP contribution in [0, 0.1) is 5.82 Å². The van der Waals surface area contributed by atoms with Gasteiger partial charge < -0.3 is 19.7 Å². The number of hydrogen-bond donors (Lipinski definition) is 1. The highest BCUT2D eigenvalue weighted by Gasteiger charge is 2.41. The smallest absolute Gasteiger partial charge is 0.230 e. The molecule has 2 heterocycles. The number of piperazine rings is 1. The fourth-order valence-electron chi connectivity index (χ4n) is 4.69. The highest BCUT2D eigenvalue weighted by Crippen LogP contribution is 2.36. The Morgan fingerprint density at radius 1 is 1.06 bits per heavy atom. The molecule has 0 bridgehead atoms. The monoisotopic (exact) mass is 441 g/mol. The standard InChI is InChI=1S/C25H32FN3O3/c1-31-21-8-6-20(7-9-21)25(10-18-32-19-11-25)24(30)27-12-13-28-14-16-29(17-15-28)23-5-3-2-4-22(23)26/h2-9H,10-19H2,1H3,(H,27,30). The van der Waals surface area contributed by atoms with Crippen LogP contribution in [0.1, 0.15) is 18.4 Å². The van der Waals surface area contributed by atoms with Crippen molar-refractivity contribution in [2.24, 2.45) is 0 Å². The molecule has 0 aliphatic carbocycles. The summed E-state index contributed by atoms with van der Waals surface area (Å²) in [4.78, 5) is 17.7. The molecule has 7 heteroatoms. The molecule has 2 fully saturated rings. The van der Waals surface area contributed by atoms with E-state index < -0.39 is 5.41 Å². The number of anilines is 1. The number of carbonyl (C=O) groups excluding carboxylic acids is 1. The number of ether oxygens (including phenoxy) is 2. The van der Waals surface area contributed by atoms with E-state index in [0.717, 1.165) is 44.0 Å².